The molecule has 0 aliphatic carbocycles. The third-order valence-corrected chi connectivity index (χ3v) is 3.43. The van der Waals surface area contributed by atoms with E-state index in [2.05, 4.69) is 0 Å². The molecule has 0 saturated carbocycles. The Kier molecular flexibility index (Phi) is 5.37. The van der Waals surface area contributed by atoms with Crippen molar-refractivity contribution < 1.29 is 14.6 Å². The molecule has 2 aromatic carbocycles. The molecule has 0 bridgehead atoms. The summed E-state index contributed by atoms with van der Waals surface area (Å²) in [5.41, 5.74) is 1.05. The maximum absolute atomic E-state index is 10.5. The summed E-state index contributed by atoms with van der Waals surface area (Å²) < 4.78 is 10.8. The second kappa shape index (κ2) is 7.25. The van der Waals surface area contributed by atoms with Crippen molar-refractivity contribution in [2.24, 2.45) is 0 Å². The fourth-order valence-corrected chi connectivity index (χ4v) is 2.08. The molecule has 0 amide bonds. The van der Waals surface area contributed by atoms with Gasteiger partial charge in [0.2, 0.25) is 0 Å². The van der Waals surface area contributed by atoms with E-state index >= 15 is 0 Å². The Morgan fingerprint density at radius 1 is 1.00 bits per heavy atom. The SMILES string of the molecule is COCCc1ccc(OCC(C)(O)c2ccccc2)cc1. The first kappa shape index (κ1) is 15.5. The topological polar surface area (TPSA) is 38.7 Å². The van der Waals surface area contributed by atoms with Crippen molar-refractivity contribution in [2.75, 3.05) is 20.3 Å². The van der Waals surface area contributed by atoms with Gasteiger partial charge >= 0.3 is 0 Å². The van der Waals surface area contributed by atoms with E-state index in [1.165, 1.54) is 5.56 Å². The molecular weight excluding hydrogens is 264 g/mol. The van der Waals surface area contributed by atoms with Crippen LogP contribution in [0, 0.1) is 0 Å². The molecule has 0 aliphatic rings. The molecule has 0 fully saturated rings. The van der Waals surface area contributed by atoms with Gasteiger partial charge in [-0.2, -0.15) is 0 Å². The van der Waals surface area contributed by atoms with Crippen LogP contribution in [0.2, 0.25) is 0 Å². The highest BCUT2D eigenvalue weighted by Crippen LogP contribution is 2.22. The second-order valence-corrected chi connectivity index (χ2v) is 5.32. The van der Waals surface area contributed by atoms with Gasteiger partial charge in [0.05, 0.1) is 6.61 Å². The minimum absolute atomic E-state index is 0.217. The van der Waals surface area contributed by atoms with Gasteiger partial charge in [0, 0.05) is 7.11 Å². The predicted molar refractivity (Wildman–Crippen MR) is 83.5 cm³/mol. The lowest BCUT2D eigenvalue weighted by atomic mass is 9.97. The highest BCUT2D eigenvalue weighted by atomic mass is 16.5. The van der Waals surface area contributed by atoms with Crippen LogP contribution in [0.15, 0.2) is 54.6 Å². The zero-order valence-electron chi connectivity index (χ0n) is 12.6. The summed E-state index contributed by atoms with van der Waals surface area (Å²) in [7, 11) is 1.70. The molecule has 0 heterocycles. The van der Waals surface area contributed by atoms with Gasteiger partial charge in [-0.15, -0.1) is 0 Å². The van der Waals surface area contributed by atoms with Gasteiger partial charge in [0.15, 0.2) is 0 Å². The molecule has 3 heteroatoms. The lowest BCUT2D eigenvalue weighted by molar-refractivity contribution is 0.00759. The maximum atomic E-state index is 10.5. The Morgan fingerprint density at radius 2 is 1.67 bits per heavy atom. The van der Waals surface area contributed by atoms with E-state index in [0.717, 1.165) is 17.7 Å². The third-order valence-electron chi connectivity index (χ3n) is 3.43. The van der Waals surface area contributed by atoms with Crippen molar-refractivity contribution in [3.05, 3.63) is 65.7 Å². The van der Waals surface area contributed by atoms with E-state index in [1.807, 2.05) is 54.6 Å². The summed E-state index contributed by atoms with van der Waals surface area (Å²) in [6.45, 7) is 2.69. The zero-order chi connectivity index (χ0) is 15.1. The summed E-state index contributed by atoms with van der Waals surface area (Å²) >= 11 is 0. The highest BCUT2D eigenvalue weighted by Gasteiger charge is 2.23. The molecule has 112 valence electrons. The van der Waals surface area contributed by atoms with Crippen molar-refractivity contribution >= 4 is 0 Å². The van der Waals surface area contributed by atoms with Crippen molar-refractivity contribution in [1.82, 2.24) is 0 Å². The molecule has 1 atom stereocenters. The molecule has 2 rings (SSSR count). The number of methoxy groups -OCH3 is 1. The molecule has 1 N–H and O–H groups in total. The standard InChI is InChI=1S/C18H22O3/c1-18(19,16-6-4-3-5-7-16)14-21-17-10-8-15(9-11-17)12-13-20-2/h3-11,19H,12-14H2,1-2H3. The van der Waals surface area contributed by atoms with Crippen molar-refractivity contribution in [1.29, 1.82) is 0 Å². The third kappa shape index (κ3) is 4.59. The van der Waals surface area contributed by atoms with Crippen LogP contribution >= 0.6 is 0 Å². The average molecular weight is 286 g/mol. The fraction of sp³-hybridized carbons (Fsp3) is 0.333. The molecule has 0 radical (unpaired) electrons. The number of ether oxygens (including phenoxy) is 2. The first-order chi connectivity index (χ1) is 10.1. The molecule has 0 spiro atoms. The van der Waals surface area contributed by atoms with Crippen molar-refractivity contribution in [2.45, 2.75) is 18.9 Å². The fourth-order valence-electron chi connectivity index (χ4n) is 2.08. The van der Waals surface area contributed by atoms with Crippen molar-refractivity contribution in [3.63, 3.8) is 0 Å². The quantitative estimate of drug-likeness (QED) is 0.849. The summed E-state index contributed by atoms with van der Waals surface area (Å²) in [5, 5.41) is 10.5. The van der Waals surface area contributed by atoms with Crippen LogP contribution in [0.5, 0.6) is 5.75 Å². The van der Waals surface area contributed by atoms with Gasteiger partial charge in [-0.3, -0.25) is 0 Å². The summed E-state index contributed by atoms with van der Waals surface area (Å²) in [6, 6.07) is 17.4. The lowest BCUT2D eigenvalue weighted by Crippen LogP contribution is -2.29. The Balaban J connectivity index is 1.93. The molecule has 3 nitrogen and oxygen atoms in total. The van der Waals surface area contributed by atoms with Gasteiger partial charge in [-0.25, -0.2) is 0 Å². The molecule has 2 aromatic rings. The molecule has 0 aromatic heterocycles. The van der Waals surface area contributed by atoms with E-state index in [9.17, 15) is 5.11 Å². The van der Waals surface area contributed by atoms with E-state index in [-0.39, 0.29) is 6.61 Å². The van der Waals surface area contributed by atoms with Crippen LogP contribution in [0.25, 0.3) is 0 Å². The van der Waals surface area contributed by atoms with Gasteiger partial charge < -0.3 is 14.6 Å². The van der Waals surface area contributed by atoms with Gasteiger partial charge in [0.1, 0.15) is 18.0 Å². The molecule has 21 heavy (non-hydrogen) atoms. The Hall–Kier alpha value is -1.84. The van der Waals surface area contributed by atoms with Crippen LogP contribution in [-0.2, 0) is 16.8 Å². The Bertz CT molecular complexity index is 532. The van der Waals surface area contributed by atoms with Gasteiger partial charge in [-0.05, 0) is 36.6 Å². The van der Waals surface area contributed by atoms with Crippen molar-refractivity contribution in [3.8, 4) is 5.75 Å². The highest BCUT2D eigenvalue weighted by molar-refractivity contribution is 5.28. The first-order valence-corrected chi connectivity index (χ1v) is 7.10. The molecule has 0 saturated heterocycles. The van der Waals surface area contributed by atoms with Crippen LogP contribution in [0.4, 0.5) is 0 Å². The van der Waals surface area contributed by atoms with Crippen LogP contribution in [0.3, 0.4) is 0 Å². The Morgan fingerprint density at radius 3 is 2.29 bits per heavy atom. The number of hydrogen-bond donors (Lipinski definition) is 1. The van der Waals surface area contributed by atoms with Crippen LogP contribution < -0.4 is 4.74 Å². The van der Waals surface area contributed by atoms with E-state index < -0.39 is 5.60 Å². The summed E-state index contributed by atoms with van der Waals surface area (Å²) in [4.78, 5) is 0. The number of benzene rings is 2. The number of aliphatic hydroxyl groups is 1. The number of rotatable bonds is 7. The van der Waals surface area contributed by atoms with Crippen LogP contribution in [0.1, 0.15) is 18.1 Å². The minimum Gasteiger partial charge on any atom is -0.490 e. The average Bonchev–Trinajstić information content (AvgIpc) is 2.53. The van der Waals surface area contributed by atoms with Gasteiger partial charge in [0.25, 0.3) is 0 Å². The van der Waals surface area contributed by atoms with Crippen LogP contribution in [-0.4, -0.2) is 25.4 Å². The second-order valence-electron chi connectivity index (χ2n) is 5.32. The van der Waals surface area contributed by atoms with E-state index in [0.29, 0.717) is 6.61 Å². The monoisotopic (exact) mass is 286 g/mol. The normalized spacial score (nSPS) is 13.7. The lowest BCUT2D eigenvalue weighted by Gasteiger charge is -2.24. The molecular formula is C18H22O3. The van der Waals surface area contributed by atoms with E-state index in [1.54, 1.807) is 14.0 Å². The number of hydrogen-bond acceptors (Lipinski definition) is 3. The largest absolute Gasteiger partial charge is 0.490 e. The predicted octanol–water partition coefficient (Wildman–Crippen LogP) is 3.16. The minimum atomic E-state index is -1.00. The van der Waals surface area contributed by atoms with E-state index in [4.69, 9.17) is 9.47 Å². The van der Waals surface area contributed by atoms with Gasteiger partial charge in [-0.1, -0.05) is 42.5 Å². The Labute approximate surface area is 126 Å². The molecule has 1 unspecified atom stereocenters. The molecule has 0 aliphatic heterocycles. The zero-order valence-corrected chi connectivity index (χ0v) is 12.6. The summed E-state index contributed by atoms with van der Waals surface area (Å²) in [6.07, 6.45) is 0.887. The first-order valence-electron chi connectivity index (χ1n) is 7.10. The smallest absolute Gasteiger partial charge is 0.121 e. The summed E-state index contributed by atoms with van der Waals surface area (Å²) in [5.74, 6) is 0.757. The maximum Gasteiger partial charge on any atom is 0.121 e.